The maximum atomic E-state index is 13.5. The van der Waals surface area contributed by atoms with Crippen molar-refractivity contribution in [1.29, 1.82) is 0 Å². The predicted octanol–water partition coefficient (Wildman–Crippen LogP) is 5.51. The van der Waals surface area contributed by atoms with Crippen molar-refractivity contribution < 1.29 is 33.0 Å². The van der Waals surface area contributed by atoms with E-state index in [2.05, 4.69) is 26.1 Å². The summed E-state index contributed by atoms with van der Waals surface area (Å²) < 4.78 is 40.4. The molecule has 0 aromatic heterocycles. The number of halogens is 3. The van der Waals surface area contributed by atoms with E-state index >= 15 is 0 Å². The molecule has 1 atom stereocenters. The zero-order valence-electron chi connectivity index (χ0n) is 23.7. The second kappa shape index (κ2) is 11.9. The van der Waals surface area contributed by atoms with Gasteiger partial charge in [-0.1, -0.05) is 45.0 Å². The van der Waals surface area contributed by atoms with Gasteiger partial charge in [-0.2, -0.15) is 13.2 Å². The lowest BCUT2D eigenvalue weighted by molar-refractivity contribution is -0.138. The number of hydrogen-bond acceptors (Lipinski definition) is 5. The molecule has 7 nitrogen and oxygen atoms in total. The summed E-state index contributed by atoms with van der Waals surface area (Å²) in [6.07, 6.45) is -2.08. The standard InChI is InChI=1S/C31H38F3N3O4/c1-29(2,3)23-11-15-30(16-12-23)36-26(22-5-4-6-24(19-22)31(32,33)34)28(41)37(30)18-14-20-7-9-21(10-8-20)27(40)35-17-13-25(38)39/h4-10,19,23,28,41H,11-18H2,1-3H3,(H,35,40)(H,38,39). The van der Waals surface area contributed by atoms with Gasteiger partial charge in [0, 0.05) is 24.2 Å². The Labute approximate surface area is 238 Å². The Bertz CT molecular complexity index is 1280. The average Bonchev–Trinajstić information content (AvgIpc) is 3.17. The summed E-state index contributed by atoms with van der Waals surface area (Å²) in [5, 5.41) is 22.8. The number of nitrogens with one attached hydrogen (secondary N) is 1. The van der Waals surface area contributed by atoms with Crippen LogP contribution in [0.1, 0.15) is 79.9 Å². The van der Waals surface area contributed by atoms with Crippen molar-refractivity contribution in [3.05, 3.63) is 70.8 Å². The molecule has 10 heteroatoms. The van der Waals surface area contributed by atoms with Gasteiger partial charge in [0.15, 0.2) is 6.23 Å². The molecule has 4 rings (SSSR count). The van der Waals surface area contributed by atoms with E-state index in [-0.39, 0.29) is 35.6 Å². The maximum Gasteiger partial charge on any atom is 0.416 e. The van der Waals surface area contributed by atoms with E-state index in [0.717, 1.165) is 30.5 Å². The number of carboxylic acids is 1. The van der Waals surface area contributed by atoms with Crippen molar-refractivity contribution in [2.24, 2.45) is 16.3 Å². The molecule has 41 heavy (non-hydrogen) atoms. The van der Waals surface area contributed by atoms with Crippen molar-refractivity contribution in [3.8, 4) is 0 Å². The summed E-state index contributed by atoms with van der Waals surface area (Å²) >= 11 is 0. The zero-order chi connectivity index (χ0) is 30.0. The van der Waals surface area contributed by atoms with E-state index in [0.29, 0.717) is 37.3 Å². The summed E-state index contributed by atoms with van der Waals surface area (Å²) in [6, 6.07) is 11.9. The number of alkyl halides is 3. The number of aliphatic imine (C=N–C) groups is 1. The van der Waals surface area contributed by atoms with Crippen molar-refractivity contribution in [2.45, 2.75) is 77.4 Å². The second-order valence-electron chi connectivity index (χ2n) is 12.1. The summed E-state index contributed by atoms with van der Waals surface area (Å²) in [7, 11) is 0. The van der Waals surface area contributed by atoms with Gasteiger partial charge in [0.2, 0.25) is 0 Å². The third-order valence-electron chi connectivity index (χ3n) is 8.38. The van der Waals surface area contributed by atoms with E-state index in [9.17, 15) is 27.9 Å². The summed E-state index contributed by atoms with van der Waals surface area (Å²) in [4.78, 5) is 29.8. The highest BCUT2D eigenvalue weighted by Crippen LogP contribution is 2.47. The number of aliphatic carboxylic acids is 1. The number of hydrogen-bond donors (Lipinski definition) is 3. The minimum absolute atomic E-state index is 0.0368. The summed E-state index contributed by atoms with van der Waals surface area (Å²) in [6.45, 7) is 7.10. The molecule has 0 saturated heterocycles. The number of carboxylic acid groups (broad SMARTS) is 1. The highest BCUT2D eigenvalue weighted by atomic mass is 19.4. The predicted molar refractivity (Wildman–Crippen MR) is 150 cm³/mol. The molecule has 3 N–H and O–H groups in total. The molecule has 1 aliphatic carbocycles. The molecule has 2 aromatic rings. The Balaban J connectivity index is 1.53. The fraction of sp³-hybridized carbons (Fsp3) is 0.516. The minimum Gasteiger partial charge on any atom is -0.481 e. The van der Waals surface area contributed by atoms with E-state index < -0.39 is 29.6 Å². The van der Waals surface area contributed by atoms with Gasteiger partial charge in [0.1, 0.15) is 5.66 Å². The molecule has 1 heterocycles. The second-order valence-corrected chi connectivity index (χ2v) is 12.1. The molecule has 1 spiro atoms. The first-order valence-corrected chi connectivity index (χ1v) is 14.0. The Morgan fingerprint density at radius 2 is 1.73 bits per heavy atom. The number of amides is 1. The Kier molecular flexibility index (Phi) is 8.94. The van der Waals surface area contributed by atoms with Crippen LogP contribution in [-0.2, 0) is 17.4 Å². The Hall–Kier alpha value is -3.24. The monoisotopic (exact) mass is 573 g/mol. The van der Waals surface area contributed by atoms with Crippen LogP contribution in [0.2, 0.25) is 0 Å². The van der Waals surface area contributed by atoms with Gasteiger partial charge in [-0.15, -0.1) is 0 Å². The Morgan fingerprint density at radius 3 is 2.32 bits per heavy atom. The fourth-order valence-corrected chi connectivity index (χ4v) is 5.92. The van der Waals surface area contributed by atoms with Crippen molar-refractivity contribution >= 4 is 17.6 Å². The van der Waals surface area contributed by atoms with Crippen molar-refractivity contribution in [2.75, 3.05) is 13.1 Å². The molecule has 1 saturated carbocycles. The lowest BCUT2D eigenvalue weighted by atomic mass is 9.69. The van der Waals surface area contributed by atoms with Crippen LogP contribution < -0.4 is 5.32 Å². The van der Waals surface area contributed by atoms with Gasteiger partial charge in [-0.25, -0.2) is 4.90 Å². The van der Waals surface area contributed by atoms with Crippen LogP contribution in [0.4, 0.5) is 13.2 Å². The van der Waals surface area contributed by atoms with Crippen LogP contribution in [0.25, 0.3) is 0 Å². The third kappa shape index (κ3) is 7.16. The number of nitrogens with zero attached hydrogens (tertiary/aromatic N) is 2. The lowest BCUT2D eigenvalue weighted by Gasteiger charge is -2.45. The van der Waals surface area contributed by atoms with Gasteiger partial charge >= 0.3 is 12.1 Å². The zero-order valence-corrected chi connectivity index (χ0v) is 23.7. The molecule has 0 radical (unpaired) electrons. The molecule has 2 aliphatic rings. The molecule has 1 amide bonds. The molecule has 0 bridgehead atoms. The van der Waals surface area contributed by atoms with Crippen LogP contribution in [0.15, 0.2) is 53.5 Å². The van der Waals surface area contributed by atoms with E-state index in [1.165, 1.54) is 6.07 Å². The van der Waals surface area contributed by atoms with Gasteiger partial charge in [-0.3, -0.25) is 14.6 Å². The van der Waals surface area contributed by atoms with Crippen LogP contribution >= 0.6 is 0 Å². The van der Waals surface area contributed by atoms with Crippen LogP contribution in [0.5, 0.6) is 0 Å². The average molecular weight is 574 g/mol. The van der Waals surface area contributed by atoms with Crippen LogP contribution in [0, 0.1) is 11.3 Å². The number of rotatable bonds is 8. The van der Waals surface area contributed by atoms with Gasteiger partial charge < -0.3 is 15.5 Å². The smallest absolute Gasteiger partial charge is 0.416 e. The number of aliphatic hydroxyl groups is 1. The molecule has 222 valence electrons. The van der Waals surface area contributed by atoms with Gasteiger partial charge in [-0.05, 0) is 73.3 Å². The highest BCUT2D eigenvalue weighted by molar-refractivity contribution is 6.05. The van der Waals surface area contributed by atoms with Crippen LogP contribution in [0.3, 0.4) is 0 Å². The summed E-state index contributed by atoms with van der Waals surface area (Å²) in [5.41, 5.74) is 0.510. The number of benzene rings is 2. The van der Waals surface area contributed by atoms with E-state index in [4.69, 9.17) is 10.1 Å². The Morgan fingerprint density at radius 1 is 1.07 bits per heavy atom. The number of aliphatic hydroxyl groups excluding tert-OH is 1. The molecule has 1 aliphatic heterocycles. The number of carbonyl (C=O) groups excluding carboxylic acids is 1. The number of carbonyl (C=O) groups is 2. The third-order valence-corrected chi connectivity index (χ3v) is 8.38. The van der Waals surface area contributed by atoms with Gasteiger partial charge in [0.25, 0.3) is 5.91 Å². The fourth-order valence-electron chi connectivity index (χ4n) is 5.92. The topological polar surface area (TPSA) is 102 Å². The minimum atomic E-state index is -4.50. The molecular formula is C31H38F3N3O4. The van der Waals surface area contributed by atoms with E-state index in [1.54, 1.807) is 18.2 Å². The summed E-state index contributed by atoms with van der Waals surface area (Å²) in [5.74, 6) is -0.870. The van der Waals surface area contributed by atoms with Crippen LogP contribution in [-0.4, -0.2) is 57.7 Å². The largest absolute Gasteiger partial charge is 0.481 e. The van der Waals surface area contributed by atoms with Gasteiger partial charge in [0.05, 0.1) is 17.7 Å². The van der Waals surface area contributed by atoms with Crippen molar-refractivity contribution in [3.63, 3.8) is 0 Å². The molecule has 1 unspecified atom stereocenters. The first-order valence-electron chi connectivity index (χ1n) is 14.0. The molecule has 1 fully saturated rings. The molecule has 2 aromatic carbocycles. The first kappa shape index (κ1) is 30.7. The first-order chi connectivity index (χ1) is 19.2. The lowest BCUT2D eigenvalue weighted by Crippen LogP contribution is -2.52. The highest BCUT2D eigenvalue weighted by Gasteiger charge is 2.50. The molecular weight excluding hydrogens is 535 g/mol. The quantitative estimate of drug-likeness (QED) is 0.387. The maximum absolute atomic E-state index is 13.5. The SMILES string of the molecule is CC(C)(C)C1CCC2(CC1)N=C(c1cccc(C(F)(F)F)c1)C(O)N2CCc1ccc(C(=O)NCCC(=O)O)cc1. The van der Waals surface area contributed by atoms with E-state index in [1.807, 2.05) is 17.0 Å². The van der Waals surface area contributed by atoms with Crippen molar-refractivity contribution in [1.82, 2.24) is 10.2 Å². The normalized spacial score (nSPS) is 23.4.